The van der Waals surface area contributed by atoms with Crippen LogP contribution in [0.25, 0.3) is 6.08 Å². The first-order valence-corrected chi connectivity index (χ1v) is 13.8. The number of anilines is 1. The van der Waals surface area contributed by atoms with Gasteiger partial charge in [0, 0.05) is 16.6 Å². The lowest BCUT2D eigenvalue weighted by Gasteiger charge is -2.28. The molecule has 1 N–H and O–H groups in total. The molecule has 4 amide bonds. The van der Waals surface area contributed by atoms with E-state index >= 15 is 0 Å². The fraction of sp³-hybridized carbons (Fsp3) is 0.179. The minimum atomic E-state index is -0.942. The van der Waals surface area contributed by atoms with Crippen LogP contribution in [0.3, 0.4) is 0 Å². The lowest BCUT2D eigenvalue weighted by Crippen LogP contribution is -2.54. The largest absolute Gasteiger partial charge is 0.495 e. The van der Waals surface area contributed by atoms with Gasteiger partial charge in [-0.25, -0.2) is 9.69 Å². The molecular weight excluding hydrogens is 672 g/mol. The van der Waals surface area contributed by atoms with E-state index in [1.54, 1.807) is 12.1 Å². The standard InChI is InChI=1S/C28H23Br2ClN2O7/c1-4-39-24-11-16(10-19(30)25(24)40-14-15-5-7-17(29)8-6-15)9-18-26(34)32-28(36)33(27(18)35)21-13-22(37-2)20(31)12-23(21)38-3/h5-13H,4,14H2,1-3H3,(H,32,34,36)/b18-9+. The Bertz CT molecular complexity index is 1510. The summed E-state index contributed by atoms with van der Waals surface area (Å²) < 4.78 is 23.9. The lowest BCUT2D eigenvalue weighted by atomic mass is 10.1. The summed E-state index contributed by atoms with van der Waals surface area (Å²) in [7, 11) is 2.76. The summed E-state index contributed by atoms with van der Waals surface area (Å²) >= 11 is 13.1. The number of hydrogen-bond donors (Lipinski definition) is 1. The summed E-state index contributed by atoms with van der Waals surface area (Å²) in [6.45, 7) is 2.46. The highest BCUT2D eigenvalue weighted by atomic mass is 79.9. The molecule has 9 nitrogen and oxygen atoms in total. The van der Waals surface area contributed by atoms with Crippen LogP contribution in [0.5, 0.6) is 23.0 Å². The second-order valence-electron chi connectivity index (χ2n) is 8.29. The molecule has 0 aliphatic carbocycles. The second kappa shape index (κ2) is 12.8. The van der Waals surface area contributed by atoms with E-state index in [2.05, 4.69) is 37.2 Å². The molecule has 0 radical (unpaired) electrons. The highest BCUT2D eigenvalue weighted by Crippen LogP contribution is 2.41. The smallest absolute Gasteiger partial charge is 0.336 e. The van der Waals surface area contributed by atoms with E-state index in [-0.39, 0.29) is 34.4 Å². The minimum absolute atomic E-state index is 0.0533. The molecule has 40 heavy (non-hydrogen) atoms. The van der Waals surface area contributed by atoms with Crippen molar-refractivity contribution in [1.29, 1.82) is 0 Å². The molecule has 0 saturated carbocycles. The maximum atomic E-state index is 13.5. The SMILES string of the molecule is CCOc1cc(/C=C2\C(=O)NC(=O)N(c3cc(OC)c(Cl)cc3OC)C2=O)cc(Br)c1OCc1ccc(Br)cc1. The van der Waals surface area contributed by atoms with Crippen molar-refractivity contribution in [3.8, 4) is 23.0 Å². The van der Waals surface area contributed by atoms with E-state index in [1.165, 1.54) is 32.4 Å². The van der Waals surface area contributed by atoms with Crippen molar-refractivity contribution in [1.82, 2.24) is 5.32 Å². The normalized spacial score (nSPS) is 14.3. The summed E-state index contributed by atoms with van der Waals surface area (Å²) in [5.74, 6) is -0.499. The Labute approximate surface area is 252 Å². The van der Waals surface area contributed by atoms with Crippen LogP contribution < -0.4 is 29.2 Å². The quantitative estimate of drug-likeness (QED) is 0.201. The van der Waals surface area contributed by atoms with E-state index in [0.29, 0.717) is 28.1 Å². The van der Waals surface area contributed by atoms with Crippen LogP contribution in [0.4, 0.5) is 10.5 Å². The van der Waals surface area contributed by atoms with Crippen LogP contribution in [-0.4, -0.2) is 38.7 Å². The number of carbonyl (C=O) groups excluding carboxylic acids is 3. The van der Waals surface area contributed by atoms with Crippen LogP contribution in [0, 0.1) is 0 Å². The molecule has 3 aromatic carbocycles. The molecule has 1 fully saturated rings. The molecule has 0 bridgehead atoms. The summed E-state index contributed by atoms with van der Waals surface area (Å²) in [5, 5.41) is 2.42. The number of carbonyl (C=O) groups is 3. The van der Waals surface area contributed by atoms with E-state index in [4.69, 9.17) is 30.5 Å². The number of barbiturate groups is 1. The van der Waals surface area contributed by atoms with E-state index < -0.39 is 17.8 Å². The molecule has 0 unspecified atom stereocenters. The monoisotopic (exact) mass is 692 g/mol. The van der Waals surface area contributed by atoms with Crippen molar-refractivity contribution in [2.45, 2.75) is 13.5 Å². The third-order valence-corrected chi connectivity index (χ3v) is 7.15. The molecule has 1 aliphatic heterocycles. The molecule has 1 heterocycles. The van der Waals surface area contributed by atoms with Gasteiger partial charge in [0.2, 0.25) is 0 Å². The number of methoxy groups -OCH3 is 2. The van der Waals surface area contributed by atoms with Crippen molar-refractivity contribution in [2.75, 3.05) is 25.7 Å². The van der Waals surface area contributed by atoms with Gasteiger partial charge in [0.15, 0.2) is 11.5 Å². The highest BCUT2D eigenvalue weighted by Gasteiger charge is 2.38. The van der Waals surface area contributed by atoms with Crippen molar-refractivity contribution in [2.24, 2.45) is 0 Å². The molecule has 1 saturated heterocycles. The Hall–Kier alpha value is -3.54. The number of benzene rings is 3. The van der Waals surface area contributed by atoms with Gasteiger partial charge in [-0.05, 0) is 64.3 Å². The Morgan fingerprint density at radius 1 is 0.925 bits per heavy atom. The van der Waals surface area contributed by atoms with Crippen molar-refractivity contribution in [3.05, 3.63) is 79.2 Å². The zero-order valence-corrected chi connectivity index (χ0v) is 25.5. The third-order valence-electron chi connectivity index (χ3n) is 5.74. The first kappa shape index (κ1) is 29.4. The van der Waals surface area contributed by atoms with Gasteiger partial charge in [-0.1, -0.05) is 39.7 Å². The first-order valence-electron chi connectivity index (χ1n) is 11.8. The predicted molar refractivity (Wildman–Crippen MR) is 157 cm³/mol. The summed E-state index contributed by atoms with van der Waals surface area (Å²) in [5.41, 5.74) is 1.18. The zero-order valence-electron chi connectivity index (χ0n) is 21.5. The van der Waals surface area contributed by atoms with Crippen LogP contribution in [0.1, 0.15) is 18.1 Å². The number of nitrogens with one attached hydrogen (secondary N) is 1. The molecule has 0 spiro atoms. The third kappa shape index (κ3) is 6.27. The fourth-order valence-electron chi connectivity index (χ4n) is 3.87. The number of hydrogen-bond acceptors (Lipinski definition) is 7. The minimum Gasteiger partial charge on any atom is -0.495 e. The average molecular weight is 695 g/mol. The van der Waals surface area contributed by atoms with Gasteiger partial charge in [-0.2, -0.15) is 0 Å². The number of halogens is 3. The molecule has 3 aromatic rings. The van der Waals surface area contributed by atoms with Gasteiger partial charge < -0.3 is 18.9 Å². The number of ether oxygens (including phenoxy) is 4. The number of imide groups is 2. The van der Waals surface area contributed by atoms with Crippen LogP contribution in [-0.2, 0) is 16.2 Å². The zero-order chi connectivity index (χ0) is 29.0. The Morgan fingerprint density at radius 2 is 1.62 bits per heavy atom. The molecule has 4 rings (SSSR count). The predicted octanol–water partition coefficient (Wildman–Crippen LogP) is 6.53. The van der Waals surface area contributed by atoms with Gasteiger partial charge in [-0.15, -0.1) is 0 Å². The maximum absolute atomic E-state index is 13.5. The van der Waals surface area contributed by atoms with Gasteiger partial charge >= 0.3 is 6.03 Å². The molecule has 12 heteroatoms. The van der Waals surface area contributed by atoms with Crippen molar-refractivity contribution >= 4 is 73.1 Å². The topological polar surface area (TPSA) is 103 Å². The lowest BCUT2D eigenvalue weighted by molar-refractivity contribution is -0.122. The number of urea groups is 1. The molecular formula is C28H23Br2ClN2O7. The van der Waals surface area contributed by atoms with Gasteiger partial charge in [0.05, 0.1) is 36.0 Å². The van der Waals surface area contributed by atoms with Crippen molar-refractivity contribution < 1.29 is 33.3 Å². The molecule has 1 aliphatic rings. The number of nitrogens with zero attached hydrogens (tertiary/aromatic N) is 1. The molecule has 208 valence electrons. The van der Waals surface area contributed by atoms with Crippen LogP contribution >= 0.6 is 43.5 Å². The number of amides is 4. The summed E-state index contributed by atoms with van der Waals surface area (Å²) in [6.07, 6.45) is 1.36. The molecule has 0 atom stereocenters. The van der Waals surface area contributed by atoms with E-state index in [9.17, 15) is 14.4 Å². The van der Waals surface area contributed by atoms with Gasteiger partial charge in [0.1, 0.15) is 23.7 Å². The van der Waals surface area contributed by atoms with Crippen LogP contribution in [0.15, 0.2) is 63.0 Å². The Balaban J connectivity index is 1.70. The van der Waals surface area contributed by atoms with Gasteiger partial charge in [-0.3, -0.25) is 14.9 Å². The highest BCUT2D eigenvalue weighted by molar-refractivity contribution is 9.10. The van der Waals surface area contributed by atoms with Gasteiger partial charge in [0.25, 0.3) is 11.8 Å². The first-order chi connectivity index (χ1) is 19.2. The Kier molecular flexibility index (Phi) is 9.39. The number of rotatable bonds is 9. The maximum Gasteiger partial charge on any atom is 0.336 e. The van der Waals surface area contributed by atoms with E-state index in [0.717, 1.165) is 14.9 Å². The molecule has 0 aromatic heterocycles. The van der Waals surface area contributed by atoms with Crippen molar-refractivity contribution in [3.63, 3.8) is 0 Å². The Morgan fingerprint density at radius 3 is 2.27 bits per heavy atom. The van der Waals surface area contributed by atoms with E-state index in [1.807, 2.05) is 31.2 Å². The average Bonchev–Trinajstić information content (AvgIpc) is 2.92. The second-order valence-corrected chi connectivity index (χ2v) is 10.5. The summed E-state index contributed by atoms with van der Waals surface area (Å²) in [6, 6.07) is 12.9. The fourth-order valence-corrected chi connectivity index (χ4v) is 4.94. The van der Waals surface area contributed by atoms with Crippen LogP contribution in [0.2, 0.25) is 5.02 Å². The summed E-state index contributed by atoms with van der Waals surface area (Å²) in [4.78, 5) is 39.9.